The fourth-order valence-electron chi connectivity index (χ4n) is 4.17. The first-order chi connectivity index (χ1) is 13.7. The van der Waals surface area contributed by atoms with E-state index in [0.29, 0.717) is 5.52 Å². The Morgan fingerprint density at radius 2 is 1.46 bits per heavy atom. The highest BCUT2D eigenvalue weighted by atomic mass is 79.9. The Morgan fingerprint density at radius 1 is 0.714 bits per heavy atom. The lowest BCUT2D eigenvalue weighted by atomic mass is 10.1. The summed E-state index contributed by atoms with van der Waals surface area (Å²) in [7, 11) is 0. The Morgan fingerprint density at radius 3 is 2.36 bits per heavy atom. The second-order valence-electron chi connectivity index (χ2n) is 6.86. The molecule has 2 aromatic heterocycles. The number of hydrogen-bond donors (Lipinski definition) is 0. The Balaban J connectivity index is 1.89. The molecule has 0 saturated heterocycles. The predicted octanol–water partition coefficient (Wildman–Crippen LogP) is 8.05. The molecule has 0 spiro atoms. The summed E-state index contributed by atoms with van der Waals surface area (Å²) >= 11 is 5.51. The van der Waals surface area contributed by atoms with Crippen molar-refractivity contribution in [3.05, 3.63) is 89.2 Å². The van der Waals surface area contributed by atoms with Gasteiger partial charge < -0.3 is 4.57 Å². The Hall–Kier alpha value is -2.69. The molecule has 6 aromatic rings. The second-order valence-corrected chi connectivity index (χ2v) is 8.77. The van der Waals surface area contributed by atoms with Crippen LogP contribution in [0.4, 0.5) is 4.39 Å². The lowest BCUT2D eigenvalue weighted by Gasteiger charge is -2.12. The normalized spacial score (nSPS) is 11.9. The molecule has 0 unspecified atom stereocenters. The van der Waals surface area contributed by atoms with E-state index >= 15 is 4.39 Å². The number of hydrogen-bond acceptors (Lipinski definition) is 1. The summed E-state index contributed by atoms with van der Waals surface area (Å²) < 4.78 is 20.5. The van der Waals surface area contributed by atoms with E-state index in [0.717, 1.165) is 31.1 Å². The quantitative estimate of drug-likeness (QED) is 0.241. The second kappa shape index (κ2) is 5.90. The van der Waals surface area contributed by atoms with Crippen LogP contribution in [0.3, 0.4) is 0 Å². The molecular weight excluding hydrogens is 433 g/mol. The molecule has 0 N–H and O–H groups in total. The SMILES string of the molecule is Fc1cccc2c3ccccc3n(-c3c(Br)ccc4c3sc3ccccc34)c12. The highest BCUT2D eigenvalue weighted by Crippen LogP contribution is 2.43. The van der Waals surface area contributed by atoms with Gasteiger partial charge in [-0.2, -0.15) is 0 Å². The van der Waals surface area contributed by atoms with E-state index in [4.69, 9.17) is 0 Å². The van der Waals surface area contributed by atoms with E-state index in [1.165, 1.54) is 21.5 Å². The van der Waals surface area contributed by atoms with Gasteiger partial charge in [0.15, 0.2) is 0 Å². The molecule has 4 heteroatoms. The summed E-state index contributed by atoms with van der Waals surface area (Å²) in [6.45, 7) is 0. The van der Waals surface area contributed by atoms with Gasteiger partial charge in [0.2, 0.25) is 0 Å². The lowest BCUT2D eigenvalue weighted by molar-refractivity contribution is 0.635. The van der Waals surface area contributed by atoms with Crippen LogP contribution in [0.2, 0.25) is 0 Å². The van der Waals surface area contributed by atoms with E-state index in [9.17, 15) is 0 Å². The van der Waals surface area contributed by atoms with Crippen molar-refractivity contribution >= 4 is 69.2 Å². The number of aromatic nitrogens is 1. The van der Waals surface area contributed by atoms with Crippen molar-refractivity contribution in [3.8, 4) is 5.69 Å². The van der Waals surface area contributed by atoms with E-state index in [1.54, 1.807) is 17.4 Å². The fraction of sp³-hybridized carbons (Fsp3) is 0. The number of nitrogens with zero attached hydrogens (tertiary/aromatic N) is 1. The monoisotopic (exact) mass is 445 g/mol. The average molecular weight is 446 g/mol. The molecule has 2 heterocycles. The van der Waals surface area contributed by atoms with E-state index in [2.05, 4.69) is 69.0 Å². The summed E-state index contributed by atoms with van der Waals surface area (Å²) in [6, 6.07) is 26.1. The summed E-state index contributed by atoms with van der Waals surface area (Å²) in [5, 5.41) is 4.42. The molecule has 28 heavy (non-hydrogen) atoms. The van der Waals surface area contributed by atoms with Crippen molar-refractivity contribution in [1.29, 1.82) is 0 Å². The third kappa shape index (κ3) is 2.10. The van der Waals surface area contributed by atoms with Crippen molar-refractivity contribution in [2.75, 3.05) is 0 Å². The van der Waals surface area contributed by atoms with Crippen LogP contribution in [0.25, 0.3) is 47.7 Å². The zero-order valence-corrected chi connectivity index (χ0v) is 17.0. The molecule has 0 saturated carbocycles. The maximum atomic E-state index is 15.1. The van der Waals surface area contributed by atoms with Crippen LogP contribution >= 0.6 is 27.3 Å². The van der Waals surface area contributed by atoms with E-state index < -0.39 is 0 Å². The fourth-order valence-corrected chi connectivity index (χ4v) is 6.05. The van der Waals surface area contributed by atoms with Gasteiger partial charge in [0.1, 0.15) is 5.82 Å². The zero-order valence-electron chi connectivity index (χ0n) is 14.6. The average Bonchev–Trinajstić information content (AvgIpc) is 3.25. The zero-order chi connectivity index (χ0) is 18.8. The van der Waals surface area contributed by atoms with Gasteiger partial charge in [-0.25, -0.2) is 4.39 Å². The number of benzene rings is 4. The molecule has 0 atom stereocenters. The molecule has 0 aliphatic rings. The third-order valence-corrected chi connectivity index (χ3v) is 7.17. The molecule has 0 fully saturated rings. The first kappa shape index (κ1) is 16.3. The van der Waals surface area contributed by atoms with Gasteiger partial charge in [-0.05, 0) is 40.2 Å². The third-order valence-electron chi connectivity index (χ3n) is 5.34. The predicted molar refractivity (Wildman–Crippen MR) is 121 cm³/mol. The minimum atomic E-state index is -0.210. The van der Waals surface area contributed by atoms with Crippen molar-refractivity contribution in [2.45, 2.75) is 0 Å². The lowest BCUT2D eigenvalue weighted by Crippen LogP contribution is -1.97. The maximum absolute atomic E-state index is 15.1. The van der Waals surface area contributed by atoms with Crippen LogP contribution in [0.1, 0.15) is 0 Å². The van der Waals surface area contributed by atoms with Crippen LogP contribution in [-0.4, -0.2) is 4.57 Å². The van der Waals surface area contributed by atoms with Gasteiger partial charge in [0.05, 0.1) is 21.4 Å². The highest BCUT2D eigenvalue weighted by molar-refractivity contribution is 9.10. The van der Waals surface area contributed by atoms with Gasteiger partial charge in [-0.1, -0.05) is 54.6 Å². The van der Waals surface area contributed by atoms with Crippen LogP contribution in [0, 0.1) is 5.82 Å². The molecular formula is C24H13BrFNS. The number of rotatable bonds is 1. The number of halogens is 2. The van der Waals surface area contributed by atoms with Crippen LogP contribution in [0.15, 0.2) is 83.3 Å². The topological polar surface area (TPSA) is 4.93 Å². The molecule has 0 radical (unpaired) electrons. The Labute approximate surface area is 172 Å². The minimum absolute atomic E-state index is 0.210. The van der Waals surface area contributed by atoms with E-state index in [1.807, 2.05) is 18.2 Å². The maximum Gasteiger partial charge on any atom is 0.147 e. The molecule has 0 bridgehead atoms. The Bertz CT molecular complexity index is 1540. The molecule has 6 rings (SSSR count). The van der Waals surface area contributed by atoms with Crippen molar-refractivity contribution < 1.29 is 4.39 Å². The molecule has 1 nitrogen and oxygen atoms in total. The highest BCUT2D eigenvalue weighted by Gasteiger charge is 2.20. The van der Waals surface area contributed by atoms with Gasteiger partial charge in [0, 0.05) is 30.7 Å². The first-order valence-electron chi connectivity index (χ1n) is 9.02. The standard InChI is InChI=1S/C24H13BrFNS/c25-18-13-12-17-15-7-2-4-11-21(15)28-24(17)23(18)27-20-10-3-1-6-14(20)16-8-5-9-19(26)22(16)27/h1-13H. The summed E-state index contributed by atoms with van der Waals surface area (Å²) in [5.74, 6) is -0.210. The van der Waals surface area contributed by atoms with Gasteiger partial charge >= 0.3 is 0 Å². The van der Waals surface area contributed by atoms with Gasteiger partial charge in [-0.3, -0.25) is 0 Å². The van der Waals surface area contributed by atoms with Crippen molar-refractivity contribution in [3.63, 3.8) is 0 Å². The minimum Gasteiger partial charge on any atom is -0.304 e. The van der Waals surface area contributed by atoms with Crippen molar-refractivity contribution in [1.82, 2.24) is 4.57 Å². The smallest absolute Gasteiger partial charge is 0.147 e. The molecule has 4 aromatic carbocycles. The number of thiophene rings is 1. The molecule has 0 aliphatic heterocycles. The van der Waals surface area contributed by atoms with Crippen LogP contribution in [-0.2, 0) is 0 Å². The summed E-state index contributed by atoms with van der Waals surface area (Å²) in [5.41, 5.74) is 2.62. The molecule has 134 valence electrons. The summed E-state index contributed by atoms with van der Waals surface area (Å²) in [6.07, 6.45) is 0. The van der Waals surface area contributed by atoms with Gasteiger partial charge in [-0.15, -0.1) is 11.3 Å². The first-order valence-corrected chi connectivity index (χ1v) is 10.6. The van der Waals surface area contributed by atoms with Crippen LogP contribution in [0.5, 0.6) is 0 Å². The van der Waals surface area contributed by atoms with Crippen molar-refractivity contribution in [2.24, 2.45) is 0 Å². The Kier molecular flexibility index (Phi) is 3.43. The number of para-hydroxylation sites is 2. The molecule has 0 aliphatic carbocycles. The number of fused-ring (bicyclic) bond motifs is 6. The molecule has 0 amide bonds. The van der Waals surface area contributed by atoms with Crippen LogP contribution < -0.4 is 0 Å². The van der Waals surface area contributed by atoms with Gasteiger partial charge in [0.25, 0.3) is 0 Å². The van der Waals surface area contributed by atoms with E-state index in [-0.39, 0.29) is 5.82 Å². The summed E-state index contributed by atoms with van der Waals surface area (Å²) in [4.78, 5) is 0. The largest absolute Gasteiger partial charge is 0.304 e.